The highest BCUT2D eigenvalue weighted by Gasteiger charge is 2.14. The number of rotatable bonds is 3. The first-order valence-electron chi connectivity index (χ1n) is 6.40. The SMILES string of the molecule is Cc1c(N)cccc1C(=O)NC(C)c1ccc(F)cc1. The third-order valence-corrected chi connectivity index (χ3v) is 3.34. The summed E-state index contributed by atoms with van der Waals surface area (Å²) in [7, 11) is 0. The van der Waals surface area contributed by atoms with E-state index in [1.165, 1.54) is 12.1 Å². The second-order valence-electron chi connectivity index (χ2n) is 4.77. The van der Waals surface area contributed by atoms with Gasteiger partial charge in [0, 0.05) is 11.3 Å². The van der Waals surface area contributed by atoms with E-state index in [0.29, 0.717) is 11.3 Å². The van der Waals surface area contributed by atoms with E-state index in [2.05, 4.69) is 5.32 Å². The topological polar surface area (TPSA) is 55.1 Å². The molecule has 0 aliphatic carbocycles. The Morgan fingerprint density at radius 1 is 1.20 bits per heavy atom. The van der Waals surface area contributed by atoms with E-state index in [4.69, 9.17) is 5.73 Å². The van der Waals surface area contributed by atoms with Gasteiger partial charge in [-0.2, -0.15) is 0 Å². The van der Waals surface area contributed by atoms with E-state index in [1.807, 2.05) is 13.8 Å². The van der Waals surface area contributed by atoms with Crippen molar-refractivity contribution in [2.45, 2.75) is 19.9 Å². The maximum absolute atomic E-state index is 12.9. The van der Waals surface area contributed by atoms with Crippen LogP contribution >= 0.6 is 0 Å². The van der Waals surface area contributed by atoms with Gasteiger partial charge in [0.05, 0.1) is 6.04 Å². The molecule has 4 heteroatoms. The van der Waals surface area contributed by atoms with Gasteiger partial charge in [0.2, 0.25) is 0 Å². The summed E-state index contributed by atoms with van der Waals surface area (Å²) in [4.78, 5) is 12.2. The molecule has 104 valence electrons. The normalized spacial score (nSPS) is 11.9. The van der Waals surface area contributed by atoms with Crippen molar-refractivity contribution >= 4 is 11.6 Å². The minimum absolute atomic E-state index is 0.188. The molecule has 1 unspecified atom stereocenters. The third-order valence-electron chi connectivity index (χ3n) is 3.34. The smallest absolute Gasteiger partial charge is 0.252 e. The van der Waals surface area contributed by atoms with E-state index >= 15 is 0 Å². The Labute approximate surface area is 117 Å². The zero-order chi connectivity index (χ0) is 14.7. The molecule has 0 saturated carbocycles. The molecule has 0 fully saturated rings. The van der Waals surface area contributed by atoms with Gasteiger partial charge in [-0.15, -0.1) is 0 Å². The highest BCUT2D eigenvalue weighted by Crippen LogP contribution is 2.18. The molecule has 2 rings (SSSR count). The van der Waals surface area contributed by atoms with Crippen LogP contribution in [0.25, 0.3) is 0 Å². The Morgan fingerprint density at radius 2 is 1.85 bits per heavy atom. The summed E-state index contributed by atoms with van der Waals surface area (Å²) in [5, 5.41) is 2.88. The number of nitrogens with one attached hydrogen (secondary N) is 1. The summed E-state index contributed by atoms with van der Waals surface area (Å²) in [6.07, 6.45) is 0. The number of halogens is 1. The van der Waals surface area contributed by atoms with Crippen molar-refractivity contribution in [3.63, 3.8) is 0 Å². The van der Waals surface area contributed by atoms with Crippen LogP contribution in [0.3, 0.4) is 0 Å². The number of nitrogen functional groups attached to an aromatic ring is 1. The number of benzene rings is 2. The predicted molar refractivity (Wildman–Crippen MR) is 77.9 cm³/mol. The molecule has 0 heterocycles. The van der Waals surface area contributed by atoms with Crippen LogP contribution in [-0.2, 0) is 0 Å². The Morgan fingerprint density at radius 3 is 2.50 bits per heavy atom. The quantitative estimate of drug-likeness (QED) is 0.843. The van der Waals surface area contributed by atoms with Crippen molar-refractivity contribution < 1.29 is 9.18 Å². The Bertz CT molecular complexity index is 623. The number of hydrogen-bond acceptors (Lipinski definition) is 2. The lowest BCUT2D eigenvalue weighted by Gasteiger charge is -2.16. The number of carbonyl (C=O) groups excluding carboxylic acids is 1. The van der Waals surface area contributed by atoms with Crippen LogP contribution in [0.5, 0.6) is 0 Å². The van der Waals surface area contributed by atoms with Gasteiger partial charge in [-0.25, -0.2) is 4.39 Å². The molecular weight excluding hydrogens is 255 g/mol. The molecule has 2 aromatic rings. The first kappa shape index (κ1) is 14.1. The first-order valence-corrected chi connectivity index (χ1v) is 6.40. The van der Waals surface area contributed by atoms with Gasteiger partial charge >= 0.3 is 0 Å². The van der Waals surface area contributed by atoms with Gasteiger partial charge in [-0.05, 0) is 49.2 Å². The lowest BCUT2D eigenvalue weighted by atomic mass is 10.0. The zero-order valence-corrected chi connectivity index (χ0v) is 11.5. The number of nitrogens with two attached hydrogens (primary N) is 1. The average molecular weight is 272 g/mol. The number of hydrogen-bond donors (Lipinski definition) is 2. The van der Waals surface area contributed by atoms with Crippen molar-refractivity contribution in [2.24, 2.45) is 0 Å². The predicted octanol–water partition coefficient (Wildman–Crippen LogP) is 3.21. The van der Waals surface area contributed by atoms with Crippen molar-refractivity contribution in [1.29, 1.82) is 0 Å². The molecule has 3 nitrogen and oxygen atoms in total. The van der Waals surface area contributed by atoms with Crippen LogP contribution in [-0.4, -0.2) is 5.91 Å². The van der Waals surface area contributed by atoms with Crippen molar-refractivity contribution in [3.05, 3.63) is 65.0 Å². The lowest BCUT2D eigenvalue weighted by molar-refractivity contribution is 0.0939. The monoisotopic (exact) mass is 272 g/mol. The molecular formula is C16H17FN2O. The molecule has 0 bridgehead atoms. The molecule has 1 atom stereocenters. The summed E-state index contributed by atoms with van der Waals surface area (Å²) >= 11 is 0. The Hall–Kier alpha value is -2.36. The van der Waals surface area contributed by atoms with E-state index in [9.17, 15) is 9.18 Å². The van der Waals surface area contributed by atoms with Crippen molar-refractivity contribution in [2.75, 3.05) is 5.73 Å². The van der Waals surface area contributed by atoms with Crippen LogP contribution in [0, 0.1) is 12.7 Å². The third kappa shape index (κ3) is 2.96. The Balaban J connectivity index is 2.15. The van der Waals surface area contributed by atoms with Gasteiger partial charge in [0.25, 0.3) is 5.91 Å². The highest BCUT2D eigenvalue weighted by molar-refractivity contribution is 5.97. The van der Waals surface area contributed by atoms with Crippen molar-refractivity contribution in [3.8, 4) is 0 Å². The first-order chi connectivity index (χ1) is 9.49. The van der Waals surface area contributed by atoms with Crippen LogP contribution in [0.2, 0.25) is 0 Å². The number of carbonyl (C=O) groups is 1. The summed E-state index contributed by atoms with van der Waals surface area (Å²) in [5.74, 6) is -0.481. The lowest BCUT2D eigenvalue weighted by Crippen LogP contribution is -2.27. The fourth-order valence-corrected chi connectivity index (χ4v) is 2.01. The fourth-order valence-electron chi connectivity index (χ4n) is 2.01. The summed E-state index contributed by atoms with van der Waals surface area (Å²) in [6.45, 7) is 3.67. The fraction of sp³-hybridized carbons (Fsp3) is 0.188. The van der Waals surface area contributed by atoms with E-state index in [0.717, 1.165) is 11.1 Å². The van der Waals surface area contributed by atoms with Crippen LogP contribution < -0.4 is 11.1 Å². The summed E-state index contributed by atoms with van der Waals surface area (Å²) < 4.78 is 12.9. The molecule has 2 aromatic carbocycles. The maximum Gasteiger partial charge on any atom is 0.252 e. The van der Waals surface area contributed by atoms with Crippen LogP contribution in [0.4, 0.5) is 10.1 Å². The molecule has 20 heavy (non-hydrogen) atoms. The standard InChI is InChI=1S/C16H17FN2O/c1-10-14(4-3-5-15(10)18)16(20)19-11(2)12-6-8-13(17)9-7-12/h3-9,11H,18H2,1-2H3,(H,19,20). The second kappa shape index (κ2) is 5.74. The minimum Gasteiger partial charge on any atom is -0.398 e. The van der Waals surface area contributed by atoms with Gasteiger partial charge in [-0.3, -0.25) is 4.79 Å². The molecule has 0 radical (unpaired) electrons. The van der Waals surface area contributed by atoms with Gasteiger partial charge in [-0.1, -0.05) is 18.2 Å². The molecule has 0 aromatic heterocycles. The van der Waals surface area contributed by atoms with Gasteiger partial charge in [0.15, 0.2) is 0 Å². The van der Waals surface area contributed by atoms with E-state index in [1.54, 1.807) is 30.3 Å². The molecule has 0 aliphatic heterocycles. The number of amides is 1. The Kier molecular flexibility index (Phi) is 4.03. The maximum atomic E-state index is 12.9. The molecule has 0 spiro atoms. The van der Waals surface area contributed by atoms with Crippen LogP contribution in [0.1, 0.15) is 34.5 Å². The second-order valence-corrected chi connectivity index (χ2v) is 4.77. The largest absolute Gasteiger partial charge is 0.398 e. The van der Waals surface area contributed by atoms with Gasteiger partial charge in [0.1, 0.15) is 5.82 Å². The molecule has 3 N–H and O–H groups in total. The highest BCUT2D eigenvalue weighted by atomic mass is 19.1. The molecule has 1 amide bonds. The van der Waals surface area contributed by atoms with Crippen molar-refractivity contribution in [1.82, 2.24) is 5.32 Å². The van der Waals surface area contributed by atoms with E-state index in [-0.39, 0.29) is 17.8 Å². The summed E-state index contributed by atoms with van der Waals surface area (Å²) in [5.41, 5.74) is 8.55. The molecule has 0 aliphatic rings. The summed E-state index contributed by atoms with van der Waals surface area (Å²) in [6, 6.07) is 11.1. The molecule has 0 saturated heterocycles. The van der Waals surface area contributed by atoms with Gasteiger partial charge < -0.3 is 11.1 Å². The minimum atomic E-state index is -0.293. The average Bonchev–Trinajstić information content (AvgIpc) is 2.42. The number of anilines is 1. The van der Waals surface area contributed by atoms with Crippen LogP contribution in [0.15, 0.2) is 42.5 Å². The zero-order valence-electron chi connectivity index (χ0n) is 11.5. The van der Waals surface area contributed by atoms with E-state index < -0.39 is 0 Å².